The molecule has 0 fully saturated rings. The molecule has 0 aliphatic rings. The lowest BCUT2D eigenvalue weighted by Crippen LogP contribution is -2.46. The third kappa shape index (κ3) is 36.6. The van der Waals surface area contributed by atoms with Crippen LogP contribution in [0, 0.1) is 0 Å². The van der Waals surface area contributed by atoms with Crippen LogP contribution in [0.3, 0.4) is 0 Å². The minimum Gasteiger partial charge on any atom is -0.394 e. The highest BCUT2D eigenvalue weighted by atomic mass is 16.3. The molecule has 0 spiro atoms. The minimum absolute atomic E-state index is 0.0322. The Morgan fingerprint density at radius 3 is 1.26 bits per heavy atom. The van der Waals surface area contributed by atoms with E-state index in [0.717, 1.165) is 32.1 Å². The van der Waals surface area contributed by atoms with E-state index in [-0.39, 0.29) is 18.9 Å². The first kappa shape index (κ1) is 48.8. The molecule has 0 aromatic rings. The summed E-state index contributed by atoms with van der Waals surface area (Å²) >= 11 is 0. The molecule has 296 valence electrons. The summed E-state index contributed by atoms with van der Waals surface area (Å²) in [4.78, 5) is 12.4. The zero-order valence-electron chi connectivity index (χ0n) is 33.5. The molecule has 0 rings (SSSR count). The third-order valence-electron chi connectivity index (χ3n) is 10.3. The number of aliphatic hydroxyl groups excluding tert-OH is 3. The van der Waals surface area contributed by atoms with Gasteiger partial charge in [0.2, 0.25) is 5.91 Å². The van der Waals surface area contributed by atoms with Crippen LogP contribution in [0.2, 0.25) is 0 Å². The highest BCUT2D eigenvalue weighted by Gasteiger charge is 2.21. The van der Waals surface area contributed by atoms with Gasteiger partial charge in [-0.25, -0.2) is 0 Å². The number of amides is 1. The number of hydrogen-bond donors (Lipinski definition) is 4. The molecule has 0 bridgehead atoms. The normalized spacial score (nSPS) is 13.8. The van der Waals surface area contributed by atoms with Crippen molar-refractivity contribution in [2.75, 3.05) is 6.61 Å². The van der Waals surface area contributed by atoms with E-state index in [0.29, 0.717) is 12.8 Å². The molecule has 5 heteroatoms. The van der Waals surface area contributed by atoms with Crippen LogP contribution in [0.25, 0.3) is 0 Å². The van der Waals surface area contributed by atoms with Gasteiger partial charge in [-0.1, -0.05) is 205 Å². The Balaban J connectivity index is 3.61. The number of nitrogens with one attached hydrogen (secondary N) is 1. The fourth-order valence-electron chi connectivity index (χ4n) is 6.85. The number of allylic oxidation sites excluding steroid dienone is 4. The summed E-state index contributed by atoms with van der Waals surface area (Å²) in [6.07, 6.45) is 48.6. The molecule has 0 aliphatic heterocycles. The van der Waals surface area contributed by atoms with Crippen LogP contribution in [0.4, 0.5) is 0 Å². The van der Waals surface area contributed by atoms with E-state index in [1.165, 1.54) is 167 Å². The van der Waals surface area contributed by atoms with Crippen molar-refractivity contribution in [2.24, 2.45) is 0 Å². The minimum atomic E-state index is -0.749. The number of carbonyl (C=O) groups excluding carboxylic acids is 1. The predicted molar refractivity (Wildman–Crippen MR) is 218 cm³/mol. The number of rotatable bonds is 40. The van der Waals surface area contributed by atoms with Crippen molar-refractivity contribution >= 4 is 5.91 Å². The van der Waals surface area contributed by atoms with E-state index in [4.69, 9.17) is 0 Å². The Morgan fingerprint density at radius 2 is 0.860 bits per heavy atom. The van der Waals surface area contributed by atoms with Gasteiger partial charge in [0.05, 0.1) is 31.3 Å². The lowest BCUT2D eigenvalue weighted by molar-refractivity contribution is -0.125. The number of carbonyl (C=O) groups is 1. The smallest absolute Gasteiger partial charge is 0.222 e. The molecule has 1 amide bonds. The molecule has 0 saturated heterocycles. The molecule has 3 unspecified atom stereocenters. The molecule has 5 nitrogen and oxygen atoms in total. The van der Waals surface area contributed by atoms with Crippen molar-refractivity contribution in [3.05, 3.63) is 24.3 Å². The molecular formula is C45H87NO4. The summed E-state index contributed by atoms with van der Waals surface area (Å²) in [5.41, 5.74) is 0. The summed E-state index contributed by atoms with van der Waals surface area (Å²) in [5, 5.41) is 33.3. The van der Waals surface area contributed by atoms with Crippen LogP contribution in [-0.4, -0.2) is 46.1 Å². The average molecular weight is 706 g/mol. The maximum Gasteiger partial charge on any atom is 0.222 e. The summed E-state index contributed by atoms with van der Waals surface area (Å²) in [5.74, 6) is -0.288. The molecule has 0 aromatic heterocycles. The first-order chi connectivity index (χ1) is 24.5. The second-order valence-corrected chi connectivity index (χ2v) is 15.3. The lowest BCUT2D eigenvalue weighted by Gasteiger charge is -2.23. The topological polar surface area (TPSA) is 89.8 Å². The first-order valence-corrected chi connectivity index (χ1v) is 22.1. The van der Waals surface area contributed by atoms with Gasteiger partial charge in [0.15, 0.2) is 0 Å². The van der Waals surface area contributed by atoms with Gasteiger partial charge in [0, 0.05) is 0 Å². The van der Waals surface area contributed by atoms with Gasteiger partial charge in [-0.15, -0.1) is 0 Å². The van der Waals surface area contributed by atoms with Crippen LogP contribution < -0.4 is 5.32 Å². The van der Waals surface area contributed by atoms with Crippen LogP contribution in [0.15, 0.2) is 24.3 Å². The standard InChI is InChI=1S/C45H87NO4/c1-3-5-7-9-11-13-15-17-18-19-20-21-22-23-24-25-26-27-28-30-32-34-36-38-42(48)40-45(50)46-43(41-47)44(49)39-37-35-33-31-29-16-14-12-10-8-6-4-2/h20-21,23-24,42-44,47-49H,3-19,22,25-41H2,1-2H3,(H,46,50)/b21-20-,24-23-. The summed E-state index contributed by atoms with van der Waals surface area (Å²) in [6, 6.07) is -0.658. The highest BCUT2D eigenvalue weighted by molar-refractivity contribution is 5.76. The van der Waals surface area contributed by atoms with Crippen molar-refractivity contribution in [1.29, 1.82) is 0 Å². The van der Waals surface area contributed by atoms with Gasteiger partial charge in [0.25, 0.3) is 0 Å². The van der Waals surface area contributed by atoms with E-state index >= 15 is 0 Å². The summed E-state index contributed by atoms with van der Waals surface area (Å²) in [7, 11) is 0. The molecule has 50 heavy (non-hydrogen) atoms. The molecular weight excluding hydrogens is 618 g/mol. The maximum absolute atomic E-state index is 12.4. The van der Waals surface area contributed by atoms with Crippen LogP contribution >= 0.6 is 0 Å². The Labute approximate surface area is 312 Å². The SMILES string of the molecule is CCCCCCCCCCC/C=C\C/C=C\CCCCCCCCCC(O)CC(=O)NC(CO)C(O)CCCCCCCCCCCCCC. The van der Waals surface area contributed by atoms with Crippen molar-refractivity contribution in [2.45, 2.75) is 250 Å². The fourth-order valence-corrected chi connectivity index (χ4v) is 6.85. The Bertz CT molecular complexity index is 739. The van der Waals surface area contributed by atoms with Gasteiger partial charge in [-0.2, -0.15) is 0 Å². The predicted octanol–water partition coefficient (Wildman–Crippen LogP) is 12.6. The molecule has 0 heterocycles. The Hall–Kier alpha value is -1.17. The monoisotopic (exact) mass is 706 g/mol. The zero-order chi connectivity index (χ0) is 36.6. The lowest BCUT2D eigenvalue weighted by atomic mass is 10.0. The van der Waals surface area contributed by atoms with Crippen LogP contribution in [0.1, 0.15) is 232 Å². The van der Waals surface area contributed by atoms with E-state index < -0.39 is 18.2 Å². The molecule has 3 atom stereocenters. The molecule has 0 aromatic carbocycles. The van der Waals surface area contributed by atoms with Crippen LogP contribution in [-0.2, 0) is 4.79 Å². The summed E-state index contributed by atoms with van der Waals surface area (Å²) in [6.45, 7) is 4.26. The molecule has 0 aliphatic carbocycles. The van der Waals surface area contributed by atoms with E-state index in [1.807, 2.05) is 0 Å². The van der Waals surface area contributed by atoms with E-state index in [2.05, 4.69) is 43.5 Å². The van der Waals surface area contributed by atoms with Crippen LogP contribution in [0.5, 0.6) is 0 Å². The van der Waals surface area contributed by atoms with Gasteiger partial charge in [0.1, 0.15) is 0 Å². The van der Waals surface area contributed by atoms with E-state index in [1.54, 1.807) is 0 Å². The van der Waals surface area contributed by atoms with Crippen molar-refractivity contribution in [3.63, 3.8) is 0 Å². The fraction of sp³-hybridized carbons (Fsp3) is 0.889. The maximum atomic E-state index is 12.4. The van der Waals surface area contributed by atoms with Crippen molar-refractivity contribution < 1.29 is 20.1 Å². The number of unbranched alkanes of at least 4 members (excludes halogenated alkanes) is 27. The Kier molecular flexibility index (Phi) is 39.6. The average Bonchev–Trinajstić information content (AvgIpc) is 3.11. The molecule has 0 radical (unpaired) electrons. The van der Waals surface area contributed by atoms with Gasteiger partial charge in [-0.3, -0.25) is 4.79 Å². The first-order valence-electron chi connectivity index (χ1n) is 22.1. The number of aliphatic hydroxyl groups is 3. The van der Waals surface area contributed by atoms with Crippen molar-refractivity contribution in [3.8, 4) is 0 Å². The van der Waals surface area contributed by atoms with Gasteiger partial charge in [-0.05, 0) is 44.9 Å². The zero-order valence-corrected chi connectivity index (χ0v) is 33.5. The van der Waals surface area contributed by atoms with Gasteiger partial charge >= 0.3 is 0 Å². The van der Waals surface area contributed by atoms with Crippen molar-refractivity contribution in [1.82, 2.24) is 5.32 Å². The molecule has 4 N–H and O–H groups in total. The Morgan fingerprint density at radius 1 is 0.500 bits per heavy atom. The largest absolute Gasteiger partial charge is 0.394 e. The van der Waals surface area contributed by atoms with Gasteiger partial charge < -0.3 is 20.6 Å². The number of hydrogen-bond acceptors (Lipinski definition) is 4. The third-order valence-corrected chi connectivity index (χ3v) is 10.3. The summed E-state index contributed by atoms with van der Waals surface area (Å²) < 4.78 is 0. The molecule has 0 saturated carbocycles. The second kappa shape index (κ2) is 40.6. The quantitative estimate of drug-likeness (QED) is 0.0377. The van der Waals surface area contributed by atoms with E-state index in [9.17, 15) is 20.1 Å². The second-order valence-electron chi connectivity index (χ2n) is 15.3. The highest BCUT2D eigenvalue weighted by Crippen LogP contribution is 2.16.